The van der Waals surface area contributed by atoms with Crippen LogP contribution in [0.15, 0.2) is 23.3 Å². The molecule has 0 fully saturated rings. The molecule has 1 unspecified atom stereocenters. The van der Waals surface area contributed by atoms with Crippen LogP contribution in [0.5, 0.6) is 0 Å². The van der Waals surface area contributed by atoms with E-state index in [1.54, 1.807) is 0 Å². The van der Waals surface area contributed by atoms with E-state index < -0.39 is 39.7 Å². The number of hydrogen-bond donors (Lipinski definition) is 0. The van der Waals surface area contributed by atoms with E-state index >= 15 is 0 Å². The van der Waals surface area contributed by atoms with Crippen molar-refractivity contribution in [3.63, 3.8) is 0 Å². The number of ether oxygens (including phenoxy) is 1. The maximum atomic E-state index is 11.4. The summed E-state index contributed by atoms with van der Waals surface area (Å²) in [6, 6.07) is 1.85. The third kappa shape index (κ3) is 3.64. The predicted molar refractivity (Wildman–Crippen MR) is 68.4 cm³/mol. The van der Waals surface area contributed by atoms with Gasteiger partial charge >= 0.3 is 5.97 Å². The summed E-state index contributed by atoms with van der Waals surface area (Å²) in [5, 5.41) is 25.0. The Balaban J connectivity index is 3.38. The smallest absolute Gasteiger partial charge is 0.314 e. The summed E-state index contributed by atoms with van der Waals surface area (Å²) in [4.78, 5) is 34.1. The molecule has 0 bridgehead atoms. The first-order chi connectivity index (χ1) is 9.92. The van der Waals surface area contributed by atoms with Crippen molar-refractivity contribution in [3.8, 4) is 0 Å². The molecule has 1 aromatic rings. The Hall–Kier alpha value is -3.20. The van der Waals surface area contributed by atoms with Crippen molar-refractivity contribution in [3.05, 3.63) is 54.4 Å². The maximum absolute atomic E-state index is 11.4. The van der Waals surface area contributed by atoms with Gasteiger partial charge in [0, 0.05) is 23.5 Å². The molecule has 0 saturated heterocycles. The minimum absolute atomic E-state index is 0.310. The van der Waals surface area contributed by atoms with Crippen molar-refractivity contribution in [2.24, 2.45) is 5.11 Å². The molecular weight excluding hydrogens is 286 g/mol. The number of azide groups is 1. The molecule has 0 aliphatic carbocycles. The standard InChI is InChI=1S/C10H9N5O6/c1-21-10(16)7(12-13-11)5-6-8(14(17)18)3-2-4-9(6)15(19)20/h2-4,7H,5H2,1H3. The molecule has 0 saturated carbocycles. The molecule has 0 heterocycles. The summed E-state index contributed by atoms with van der Waals surface area (Å²) in [6.45, 7) is 0. The molecule has 1 atom stereocenters. The molecule has 0 aliphatic rings. The number of carbonyl (C=O) groups is 1. The predicted octanol–water partition coefficient (Wildman–Crippen LogP) is 1.90. The second-order valence-electron chi connectivity index (χ2n) is 3.74. The quantitative estimate of drug-likeness (QED) is 0.194. The zero-order chi connectivity index (χ0) is 16.0. The van der Waals surface area contributed by atoms with Gasteiger partial charge in [-0.1, -0.05) is 5.11 Å². The zero-order valence-corrected chi connectivity index (χ0v) is 10.7. The van der Waals surface area contributed by atoms with Crippen molar-refractivity contribution in [2.45, 2.75) is 12.5 Å². The minimum Gasteiger partial charge on any atom is -0.469 e. The van der Waals surface area contributed by atoms with Crippen molar-refractivity contribution < 1.29 is 19.4 Å². The number of carbonyl (C=O) groups excluding carboxylic acids is 1. The summed E-state index contributed by atoms with van der Waals surface area (Å²) < 4.78 is 4.39. The number of nitro benzene ring substituents is 2. The first kappa shape index (κ1) is 15.9. The van der Waals surface area contributed by atoms with Gasteiger partial charge in [-0.15, -0.1) is 0 Å². The van der Waals surface area contributed by atoms with Crippen LogP contribution in [0, 0.1) is 20.2 Å². The SMILES string of the molecule is COC(=O)C(Cc1c([N+](=O)[O-])cccc1[N+](=O)[O-])N=[N+]=[N-]. The summed E-state index contributed by atoms with van der Waals surface area (Å²) >= 11 is 0. The monoisotopic (exact) mass is 295 g/mol. The molecule has 0 aromatic heterocycles. The van der Waals surface area contributed by atoms with Crippen LogP contribution in [0.25, 0.3) is 10.4 Å². The number of esters is 1. The van der Waals surface area contributed by atoms with E-state index in [9.17, 15) is 25.0 Å². The van der Waals surface area contributed by atoms with Crippen molar-refractivity contribution in [1.82, 2.24) is 0 Å². The largest absolute Gasteiger partial charge is 0.469 e. The van der Waals surface area contributed by atoms with Gasteiger partial charge in [0.1, 0.15) is 11.6 Å². The van der Waals surface area contributed by atoms with E-state index in [1.165, 1.54) is 0 Å². The second kappa shape index (κ2) is 6.82. The van der Waals surface area contributed by atoms with Gasteiger partial charge in [0.15, 0.2) is 0 Å². The topological polar surface area (TPSA) is 161 Å². The minimum atomic E-state index is -1.43. The van der Waals surface area contributed by atoms with Crippen LogP contribution in [-0.2, 0) is 16.0 Å². The lowest BCUT2D eigenvalue weighted by atomic mass is 10.0. The molecule has 1 rings (SSSR count). The molecule has 0 radical (unpaired) electrons. The van der Waals surface area contributed by atoms with E-state index in [1.807, 2.05) is 0 Å². The lowest BCUT2D eigenvalue weighted by molar-refractivity contribution is -0.395. The number of benzene rings is 1. The highest BCUT2D eigenvalue weighted by molar-refractivity contribution is 5.77. The Bertz CT molecular complexity index is 607. The third-order valence-corrected chi connectivity index (χ3v) is 2.58. The van der Waals surface area contributed by atoms with Crippen LogP contribution >= 0.6 is 0 Å². The number of nitro groups is 2. The molecule has 0 spiro atoms. The zero-order valence-electron chi connectivity index (χ0n) is 10.7. The number of hydrogen-bond acceptors (Lipinski definition) is 7. The van der Waals surface area contributed by atoms with E-state index in [2.05, 4.69) is 14.8 Å². The van der Waals surface area contributed by atoms with Gasteiger partial charge in [-0.25, -0.2) is 0 Å². The van der Waals surface area contributed by atoms with Crippen LogP contribution in [0.3, 0.4) is 0 Å². The molecule has 11 nitrogen and oxygen atoms in total. The van der Waals surface area contributed by atoms with Gasteiger partial charge in [-0.3, -0.25) is 25.0 Å². The molecular formula is C10H9N5O6. The van der Waals surface area contributed by atoms with Gasteiger partial charge in [-0.05, 0) is 11.6 Å². The van der Waals surface area contributed by atoms with Gasteiger partial charge in [0.2, 0.25) is 0 Å². The van der Waals surface area contributed by atoms with Crippen LogP contribution in [0.4, 0.5) is 11.4 Å². The number of rotatable bonds is 6. The molecule has 0 aliphatic heterocycles. The molecule has 0 N–H and O–H groups in total. The molecule has 0 amide bonds. The van der Waals surface area contributed by atoms with E-state index in [0.717, 1.165) is 25.3 Å². The number of methoxy groups -OCH3 is 1. The average Bonchev–Trinajstić information content (AvgIpc) is 2.45. The van der Waals surface area contributed by atoms with E-state index in [4.69, 9.17) is 5.53 Å². The maximum Gasteiger partial charge on any atom is 0.314 e. The van der Waals surface area contributed by atoms with Crippen LogP contribution in [0.1, 0.15) is 5.56 Å². The first-order valence-electron chi connectivity index (χ1n) is 5.45. The molecule has 1 aromatic carbocycles. The van der Waals surface area contributed by atoms with E-state index in [-0.39, 0.29) is 5.56 Å². The van der Waals surface area contributed by atoms with Gasteiger partial charge < -0.3 is 4.74 Å². The molecule has 21 heavy (non-hydrogen) atoms. The van der Waals surface area contributed by atoms with E-state index in [0.29, 0.717) is 0 Å². The fraction of sp³-hybridized carbons (Fsp3) is 0.300. The lowest BCUT2D eigenvalue weighted by Gasteiger charge is -2.09. The highest BCUT2D eigenvalue weighted by Crippen LogP contribution is 2.30. The van der Waals surface area contributed by atoms with Gasteiger partial charge in [-0.2, -0.15) is 0 Å². The van der Waals surface area contributed by atoms with Gasteiger partial charge in [0.05, 0.1) is 17.0 Å². The van der Waals surface area contributed by atoms with Crippen LogP contribution in [0.2, 0.25) is 0 Å². The molecule has 11 heteroatoms. The highest BCUT2D eigenvalue weighted by atomic mass is 16.6. The Morgan fingerprint density at radius 2 is 1.90 bits per heavy atom. The lowest BCUT2D eigenvalue weighted by Crippen LogP contribution is -2.23. The highest BCUT2D eigenvalue weighted by Gasteiger charge is 2.29. The summed E-state index contributed by atoms with van der Waals surface area (Å²) in [6.07, 6.45) is -0.510. The second-order valence-corrected chi connectivity index (χ2v) is 3.74. The summed E-state index contributed by atoms with van der Waals surface area (Å²) in [5.74, 6) is -0.944. The molecule has 110 valence electrons. The first-order valence-corrected chi connectivity index (χ1v) is 5.45. The average molecular weight is 295 g/mol. The Kier molecular flexibility index (Phi) is 5.15. The normalized spacial score (nSPS) is 11.1. The Morgan fingerprint density at radius 3 is 2.29 bits per heavy atom. The fourth-order valence-corrected chi connectivity index (χ4v) is 1.68. The van der Waals surface area contributed by atoms with Crippen LogP contribution < -0.4 is 0 Å². The third-order valence-electron chi connectivity index (χ3n) is 2.58. The van der Waals surface area contributed by atoms with Gasteiger partial charge in [0.25, 0.3) is 11.4 Å². The Morgan fingerprint density at radius 1 is 1.38 bits per heavy atom. The van der Waals surface area contributed by atoms with Crippen LogP contribution in [-0.4, -0.2) is 29.0 Å². The van der Waals surface area contributed by atoms with Crippen molar-refractivity contribution >= 4 is 17.3 Å². The summed E-state index contributed by atoms with van der Waals surface area (Å²) in [5.41, 5.74) is 7.02. The fourth-order valence-electron chi connectivity index (χ4n) is 1.68. The summed E-state index contributed by atoms with van der Waals surface area (Å²) in [7, 11) is 1.04. The van der Waals surface area contributed by atoms with Crippen molar-refractivity contribution in [2.75, 3.05) is 7.11 Å². The Labute approximate surface area is 117 Å². The number of nitrogens with zero attached hydrogens (tertiary/aromatic N) is 5. The van der Waals surface area contributed by atoms with Crippen molar-refractivity contribution in [1.29, 1.82) is 0 Å².